The number of morpholine rings is 1. The van der Waals surface area contributed by atoms with Gasteiger partial charge in [0.05, 0.1) is 38.9 Å². The lowest BCUT2D eigenvalue weighted by Gasteiger charge is -2.25. The summed E-state index contributed by atoms with van der Waals surface area (Å²) >= 11 is 7.26. The van der Waals surface area contributed by atoms with Gasteiger partial charge in [-0.1, -0.05) is 35.1 Å². The van der Waals surface area contributed by atoms with Crippen molar-refractivity contribution in [2.24, 2.45) is 0 Å². The molecule has 1 amide bonds. The number of ether oxygens (including phenoxy) is 1. The van der Waals surface area contributed by atoms with Crippen LogP contribution in [-0.4, -0.2) is 49.9 Å². The first kappa shape index (κ1) is 19.3. The van der Waals surface area contributed by atoms with Crippen LogP contribution in [0.1, 0.15) is 10.4 Å². The molecule has 0 bridgehead atoms. The summed E-state index contributed by atoms with van der Waals surface area (Å²) in [5.74, 6) is -0.370. The summed E-state index contributed by atoms with van der Waals surface area (Å²) in [6.07, 6.45) is 0. The van der Waals surface area contributed by atoms with Crippen molar-refractivity contribution >= 4 is 54.2 Å². The molecule has 7 nitrogen and oxygen atoms in total. The number of hydrogen-bond acceptors (Lipinski definition) is 6. The van der Waals surface area contributed by atoms with Crippen molar-refractivity contribution in [3.63, 3.8) is 0 Å². The number of aromatic nitrogens is 1. The van der Waals surface area contributed by atoms with Crippen LogP contribution in [0, 0.1) is 0 Å². The molecule has 0 spiro atoms. The van der Waals surface area contributed by atoms with Gasteiger partial charge in [0, 0.05) is 13.1 Å². The van der Waals surface area contributed by atoms with E-state index in [9.17, 15) is 13.2 Å². The lowest BCUT2D eigenvalue weighted by atomic mass is 10.2. The summed E-state index contributed by atoms with van der Waals surface area (Å²) in [6.45, 7) is 1.45. The lowest BCUT2D eigenvalue weighted by Crippen LogP contribution is -2.40. The van der Waals surface area contributed by atoms with Crippen molar-refractivity contribution in [3.8, 4) is 0 Å². The van der Waals surface area contributed by atoms with Gasteiger partial charge >= 0.3 is 0 Å². The van der Waals surface area contributed by atoms with Crippen LogP contribution < -0.4 is 5.32 Å². The standard InChI is InChI=1S/C18H16ClN3O4S2/c19-14-4-2-1-3-13(14)17(23)21-18-20-15-6-5-12(11-16(15)27-18)28(24,25)22-7-9-26-10-8-22/h1-6,11H,7-10H2,(H,20,21,23). The van der Waals surface area contributed by atoms with E-state index in [2.05, 4.69) is 10.3 Å². The first-order valence-corrected chi connectivity index (χ1v) is 11.1. The minimum atomic E-state index is -3.59. The molecule has 1 fully saturated rings. The third-order valence-electron chi connectivity index (χ3n) is 4.31. The van der Waals surface area contributed by atoms with Gasteiger partial charge in [-0.25, -0.2) is 13.4 Å². The zero-order valence-electron chi connectivity index (χ0n) is 14.6. The predicted octanol–water partition coefficient (Wildman–Crippen LogP) is 3.22. The van der Waals surface area contributed by atoms with Gasteiger partial charge in [-0.2, -0.15) is 4.31 Å². The Labute approximate surface area is 170 Å². The summed E-state index contributed by atoms with van der Waals surface area (Å²) in [7, 11) is -3.59. The molecule has 0 unspecified atom stereocenters. The normalized spacial score (nSPS) is 15.6. The van der Waals surface area contributed by atoms with E-state index in [-0.39, 0.29) is 10.8 Å². The number of benzene rings is 2. The van der Waals surface area contributed by atoms with Gasteiger partial charge in [0.1, 0.15) is 0 Å². The molecule has 1 aliphatic rings. The maximum absolute atomic E-state index is 12.8. The van der Waals surface area contributed by atoms with Gasteiger partial charge < -0.3 is 4.74 Å². The Balaban J connectivity index is 1.60. The molecular weight excluding hydrogens is 422 g/mol. The number of nitrogens with one attached hydrogen (secondary N) is 1. The number of carbonyl (C=O) groups excluding carboxylic acids is 1. The van der Waals surface area contributed by atoms with Gasteiger partial charge in [-0.05, 0) is 30.3 Å². The average Bonchev–Trinajstić information content (AvgIpc) is 3.10. The molecule has 2 heterocycles. The van der Waals surface area contributed by atoms with Crippen LogP contribution in [-0.2, 0) is 14.8 Å². The van der Waals surface area contributed by atoms with Gasteiger partial charge in [0.15, 0.2) is 5.13 Å². The number of carbonyl (C=O) groups is 1. The smallest absolute Gasteiger partial charge is 0.258 e. The minimum absolute atomic E-state index is 0.203. The van der Waals surface area contributed by atoms with E-state index in [0.717, 1.165) is 0 Å². The number of anilines is 1. The number of fused-ring (bicyclic) bond motifs is 1. The molecule has 0 saturated carbocycles. The first-order chi connectivity index (χ1) is 13.4. The third-order valence-corrected chi connectivity index (χ3v) is 7.46. The van der Waals surface area contributed by atoms with Crippen molar-refractivity contribution in [1.82, 2.24) is 9.29 Å². The number of hydrogen-bond donors (Lipinski definition) is 1. The van der Waals surface area contributed by atoms with Crippen molar-refractivity contribution in [3.05, 3.63) is 53.1 Å². The summed E-state index contributed by atoms with van der Waals surface area (Å²) in [6, 6.07) is 11.5. The number of rotatable bonds is 4. The van der Waals surface area contributed by atoms with Crippen molar-refractivity contribution < 1.29 is 17.9 Å². The quantitative estimate of drug-likeness (QED) is 0.677. The topological polar surface area (TPSA) is 88.6 Å². The van der Waals surface area contributed by atoms with Crippen LogP contribution in [0.15, 0.2) is 47.4 Å². The molecular formula is C18H16ClN3O4S2. The molecule has 3 aromatic rings. The third kappa shape index (κ3) is 3.76. The highest BCUT2D eigenvalue weighted by Crippen LogP contribution is 2.30. The Morgan fingerprint density at radius 2 is 1.93 bits per heavy atom. The molecule has 2 aromatic carbocycles. The first-order valence-electron chi connectivity index (χ1n) is 8.49. The molecule has 1 aromatic heterocycles. The van der Waals surface area contributed by atoms with Gasteiger partial charge in [-0.3, -0.25) is 10.1 Å². The molecule has 1 N–H and O–H groups in total. The monoisotopic (exact) mass is 437 g/mol. The predicted molar refractivity (Wildman–Crippen MR) is 109 cm³/mol. The maximum Gasteiger partial charge on any atom is 0.258 e. The van der Waals surface area contributed by atoms with Crippen molar-refractivity contribution in [1.29, 1.82) is 0 Å². The fourth-order valence-corrected chi connectivity index (χ4v) is 5.50. The van der Waals surface area contributed by atoms with Gasteiger partial charge in [0.25, 0.3) is 5.91 Å². The lowest BCUT2D eigenvalue weighted by molar-refractivity contribution is 0.0730. The highest BCUT2D eigenvalue weighted by Gasteiger charge is 2.26. The number of thiazole rings is 1. The minimum Gasteiger partial charge on any atom is -0.379 e. The summed E-state index contributed by atoms with van der Waals surface area (Å²) in [4.78, 5) is 17.0. The molecule has 0 aliphatic carbocycles. The zero-order chi connectivity index (χ0) is 19.7. The molecule has 0 atom stereocenters. The zero-order valence-corrected chi connectivity index (χ0v) is 17.0. The van der Waals surface area contributed by atoms with Crippen LogP contribution in [0.4, 0.5) is 5.13 Å². The molecule has 1 aliphatic heterocycles. The van der Waals surface area contributed by atoms with E-state index in [1.807, 2.05) is 0 Å². The van der Waals surface area contributed by atoms with E-state index < -0.39 is 10.0 Å². The Hall–Kier alpha value is -2.04. The fourth-order valence-electron chi connectivity index (χ4n) is 2.86. The summed E-state index contributed by atoms with van der Waals surface area (Å²) in [5.41, 5.74) is 0.958. The molecule has 0 radical (unpaired) electrons. The van der Waals surface area contributed by atoms with Crippen LogP contribution in [0.3, 0.4) is 0 Å². The van der Waals surface area contributed by atoms with Gasteiger partial charge in [-0.15, -0.1) is 0 Å². The Morgan fingerprint density at radius 3 is 2.68 bits per heavy atom. The number of nitrogens with zero attached hydrogens (tertiary/aromatic N) is 2. The maximum atomic E-state index is 12.8. The number of halogens is 1. The Morgan fingerprint density at radius 1 is 1.18 bits per heavy atom. The Bertz CT molecular complexity index is 1140. The second-order valence-electron chi connectivity index (χ2n) is 6.10. The van der Waals surface area contributed by atoms with Crippen LogP contribution >= 0.6 is 22.9 Å². The highest BCUT2D eigenvalue weighted by molar-refractivity contribution is 7.89. The molecule has 28 heavy (non-hydrogen) atoms. The highest BCUT2D eigenvalue weighted by atomic mass is 35.5. The second kappa shape index (κ2) is 7.76. The van der Waals surface area contributed by atoms with Crippen LogP contribution in [0.5, 0.6) is 0 Å². The number of amides is 1. The largest absolute Gasteiger partial charge is 0.379 e. The van der Waals surface area contributed by atoms with Crippen molar-refractivity contribution in [2.75, 3.05) is 31.6 Å². The summed E-state index contributed by atoms with van der Waals surface area (Å²) < 4.78 is 32.9. The molecule has 146 valence electrons. The van der Waals surface area contributed by atoms with Gasteiger partial charge in [0.2, 0.25) is 10.0 Å². The molecule has 1 saturated heterocycles. The van der Waals surface area contributed by atoms with E-state index in [4.69, 9.17) is 16.3 Å². The van der Waals surface area contributed by atoms with Crippen LogP contribution in [0.25, 0.3) is 10.2 Å². The second-order valence-corrected chi connectivity index (χ2v) is 9.47. The average molecular weight is 438 g/mol. The fraction of sp³-hybridized carbons (Fsp3) is 0.222. The molecule has 10 heteroatoms. The van der Waals surface area contributed by atoms with E-state index >= 15 is 0 Å². The van der Waals surface area contributed by atoms with Crippen molar-refractivity contribution in [2.45, 2.75) is 4.90 Å². The number of sulfonamides is 1. The van der Waals surface area contributed by atoms with Crippen LogP contribution in [0.2, 0.25) is 5.02 Å². The Kier molecular flexibility index (Phi) is 5.35. The SMILES string of the molecule is O=C(Nc1nc2ccc(S(=O)(=O)N3CCOCC3)cc2s1)c1ccccc1Cl. The van der Waals surface area contributed by atoms with E-state index in [1.165, 1.54) is 21.7 Å². The molecule has 4 rings (SSSR count). The van der Waals surface area contributed by atoms with E-state index in [0.29, 0.717) is 52.2 Å². The summed E-state index contributed by atoms with van der Waals surface area (Å²) in [5, 5.41) is 3.44. The van der Waals surface area contributed by atoms with E-state index in [1.54, 1.807) is 36.4 Å².